The predicted molar refractivity (Wildman–Crippen MR) is 106 cm³/mol. The summed E-state index contributed by atoms with van der Waals surface area (Å²) < 4.78 is 0. The topological polar surface area (TPSA) is 77.0 Å². The van der Waals surface area contributed by atoms with Gasteiger partial charge in [0.2, 0.25) is 11.8 Å². The van der Waals surface area contributed by atoms with Gasteiger partial charge >= 0.3 is 0 Å². The first-order chi connectivity index (χ1) is 11.1. The van der Waals surface area contributed by atoms with Crippen LogP contribution in [0, 0.1) is 0 Å². The van der Waals surface area contributed by atoms with E-state index in [4.69, 9.17) is 0 Å². The number of nitrogens with one attached hydrogen (secondary N) is 2. The van der Waals surface area contributed by atoms with Gasteiger partial charge in [0.1, 0.15) is 0 Å². The average Bonchev–Trinajstić information content (AvgIpc) is 3.06. The number of aliphatic imine (C=N–C) groups is 1. The Morgan fingerprint density at radius 2 is 1.79 bits per heavy atom. The zero-order valence-electron chi connectivity index (χ0n) is 14.7. The van der Waals surface area contributed by atoms with Crippen molar-refractivity contribution in [2.75, 3.05) is 39.8 Å². The number of amides is 2. The van der Waals surface area contributed by atoms with E-state index in [0.29, 0.717) is 18.9 Å². The lowest BCUT2D eigenvalue weighted by Crippen LogP contribution is -2.49. The van der Waals surface area contributed by atoms with Crippen molar-refractivity contribution >= 4 is 41.8 Å². The van der Waals surface area contributed by atoms with Gasteiger partial charge < -0.3 is 20.4 Å². The van der Waals surface area contributed by atoms with E-state index in [-0.39, 0.29) is 48.4 Å². The van der Waals surface area contributed by atoms with Gasteiger partial charge in [-0.15, -0.1) is 24.0 Å². The third kappa shape index (κ3) is 6.10. The smallest absolute Gasteiger partial charge is 0.241 e. The summed E-state index contributed by atoms with van der Waals surface area (Å²) in [6.07, 6.45) is 4.87. The van der Waals surface area contributed by atoms with Crippen molar-refractivity contribution in [3.8, 4) is 0 Å². The fourth-order valence-electron chi connectivity index (χ4n) is 3.13. The Labute approximate surface area is 161 Å². The molecule has 8 heteroatoms. The van der Waals surface area contributed by atoms with Gasteiger partial charge in [0.15, 0.2) is 5.96 Å². The van der Waals surface area contributed by atoms with Gasteiger partial charge in [-0.2, -0.15) is 0 Å². The number of hydrogen-bond acceptors (Lipinski definition) is 3. The van der Waals surface area contributed by atoms with E-state index >= 15 is 0 Å². The number of nitrogens with zero attached hydrogens (tertiary/aromatic N) is 3. The number of carbonyl (C=O) groups excluding carboxylic acids is 2. The zero-order chi connectivity index (χ0) is 16.7. The molecule has 0 spiro atoms. The molecule has 2 aliphatic heterocycles. The molecule has 2 aliphatic rings. The van der Waals surface area contributed by atoms with Crippen LogP contribution in [0.1, 0.15) is 39.0 Å². The lowest BCUT2D eigenvalue weighted by atomic mass is 10.1. The summed E-state index contributed by atoms with van der Waals surface area (Å²) in [6, 6.07) is 0.196. The average molecular weight is 451 g/mol. The van der Waals surface area contributed by atoms with Gasteiger partial charge in [0, 0.05) is 45.7 Å². The Hall–Kier alpha value is -1.06. The lowest BCUT2D eigenvalue weighted by molar-refractivity contribution is -0.131. The molecule has 0 aromatic rings. The molecule has 0 bridgehead atoms. The Balaban J connectivity index is 0.00000288. The van der Waals surface area contributed by atoms with Crippen molar-refractivity contribution in [2.24, 2.45) is 4.99 Å². The van der Waals surface area contributed by atoms with Crippen LogP contribution >= 0.6 is 24.0 Å². The molecule has 2 fully saturated rings. The van der Waals surface area contributed by atoms with Crippen molar-refractivity contribution in [1.29, 1.82) is 0 Å². The minimum atomic E-state index is 0. The van der Waals surface area contributed by atoms with E-state index in [1.807, 2.05) is 16.7 Å². The molecule has 1 atom stereocenters. The Morgan fingerprint density at radius 3 is 2.42 bits per heavy atom. The maximum Gasteiger partial charge on any atom is 0.241 e. The van der Waals surface area contributed by atoms with Crippen molar-refractivity contribution in [2.45, 2.75) is 45.1 Å². The molecule has 0 aliphatic carbocycles. The number of halogens is 1. The Kier molecular flexibility index (Phi) is 9.38. The van der Waals surface area contributed by atoms with Crippen LogP contribution in [0.15, 0.2) is 4.99 Å². The minimum absolute atomic E-state index is 0. The van der Waals surface area contributed by atoms with Crippen LogP contribution in [0.25, 0.3) is 0 Å². The van der Waals surface area contributed by atoms with Gasteiger partial charge in [-0.3, -0.25) is 14.6 Å². The van der Waals surface area contributed by atoms with Crippen molar-refractivity contribution in [1.82, 2.24) is 20.4 Å². The van der Waals surface area contributed by atoms with Crippen LogP contribution in [0.4, 0.5) is 0 Å². The van der Waals surface area contributed by atoms with Gasteiger partial charge in [-0.05, 0) is 25.7 Å². The van der Waals surface area contributed by atoms with Gasteiger partial charge in [-0.1, -0.05) is 6.92 Å². The molecular formula is C16H30IN5O2. The molecule has 2 amide bonds. The van der Waals surface area contributed by atoms with Gasteiger partial charge in [0.05, 0.1) is 6.54 Å². The number of rotatable bonds is 4. The molecule has 24 heavy (non-hydrogen) atoms. The van der Waals surface area contributed by atoms with Crippen molar-refractivity contribution in [3.63, 3.8) is 0 Å². The van der Waals surface area contributed by atoms with E-state index in [9.17, 15) is 9.59 Å². The highest BCUT2D eigenvalue weighted by atomic mass is 127. The molecule has 0 radical (unpaired) electrons. The van der Waals surface area contributed by atoms with Crippen molar-refractivity contribution in [3.05, 3.63) is 0 Å². The highest BCUT2D eigenvalue weighted by Crippen LogP contribution is 2.10. The van der Waals surface area contributed by atoms with Gasteiger partial charge in [0.25, 0.3) is 0 Å². The number of piperidine rings is 1. The number of likely N-dealkylation sites (tertiary alicyclic amines) is 2. The minimum Gasteiger partial charge on any atom is -0.352 e. The SMILES string of the molecule is CCC(=O)N1CCC(NC(=NC)NCC(=O)N2CCCCC2)C1.I. The molecule has 0 aromatic carbocycles. The Bertz CT molecular complexity index is 452. The summed E-state index contributed by atoms with van der Waals surface area (Å²) in [5.41, 5.74) is 0. The second-order valence-electron chi connectivity index (χ2n) is 6.19. The molecule has 0 saturated carbocycles. The van der Waals surface area contributed by atoms with Crippen LogP contribution in [0.2, 0.25) is 0 Å². The third-order valence-electron chi connectivity index (χ3n) is 4.52. The second kappa shape index (κ2) is 10.7. The summed E-state index contributed by atoms with van der Waals surface area (Å²) in [5, 5.41) is 6.40. The maximum absolute atomic E-state index is 12.2. The molecule has 2 rings (SSSR count). The standard InChI is InChI=1S/C16H29N5O2.HI/c1-3-14(22)21-10-7-13(12-21)19-16(17-2)18-11-15(23)20-8-5-4-6-9-20;/h13H,3-12H2,1-2H3,(H2,17,18,19);1H. The molecular weight excluding hydrogens is 421 g/mol. The first kappa shape index (κ1) is 21.0. The zero-order valence-corrected chi connectivity index (χ0v) is 17.0. The molecule has 138 valence electrons. The largest absolute Gasteiger partial charge is 0.352 e. The summed E-state index contributed by atoms with van der Waals surface area (Å²) >= 11 is 0. The summed E-state index contributed by atoms with van der Waals surface area (Å²) in [6.45, 7) is 5.37. The van der Waals surface area contributed by atoms with Crippen molar-refractivity contribution < 1.29 is 9.59 Å². The molecule has 2 heterocycles. The highest BCUT2D eigenvalue weighted by molar-refractivity contribution is 14.0. The summed E-state index contributed by atoms with van der Waals surface area (Å²) in [5.74, 6) is 0.950. The summed E-state index contributed by atoms with van der Waals surface area (Å²) in [7, 11) is 1.70. The van der Waals surface area contributed by atoms with Crippen LogP contribution in [-0.2, 0) is 9.59 Å². The molecule has 2 N–H and O–H groups in total. The summed E-state index contributed by atoms with van der Waals surface area (Å²) in [4.78, 5) is 31.8. The van der Waals surface area contributed by atoms with Crippen LogP contribution in [0.3, 0.4) is 0 Å². The lowest BCUT2D eigenvalue weighted by Gasteiger charge is -2.27. The normalized spacial score (nSPS) is 21.2. The predicted octanol–water partition coefficient (Wildman–Crippen LogP) is 0.793. The molecule has 1 unspecified atom stereocenters. The van der Waals surface area contributed by atoms with E-state index < -0.39 is 0 Å². The first-order valence-electron chi connectivity index (χ1n) is 8.66. The van der Waals surface area contributed by atoms with Crippen LogP contribution < -0.4 is 10.6 Å². The number of carbonyl (C=O) groups is 2. The maximum atomic E-state index is 12.2. The molecule has 0 aromatic heterocycles. The van der Waals surface area contributed by atoms with E-state index in [1.54, 1.807) is 7.05 Å². The third-order valence-corrected chi connectivity index (χ3v) is 4.52. The monoisotopic (exact) mass is 451 g/mol. The highest BCUT2D eigenvalue weighted by Gasteiger charge is 2.26. The quantitative estimate of drug-likeness (QED) is 0.377. The van der Waals surface area contributed by atoms with E-state index in [1.165, 1.54) is 6.42 Å². The number of hydrogen-bond donors (Lipinski definition) is 2. The molecule has 7 nitrogen and oxygen atoms in total. The fraction of sp³-hybridized carbons (Fsp3) is 0.812. The Morgan fingerprint density at radius 1 is 1.08 bits per heavy atom. The van der Waals surface area contributed by atoms with Crippen LogP contribution in [-0.4, -0.2) is 73.4 Å². The van der Waals surface area contributed by atoms with E-state index in [2.05, 4.69) is 15.6 Å². The second-order valence-corrected chi connectivity index (χ2v) is 6.19. The number of guanidine groups is 1. The first-order valence-corrected chi connectivity index (χ1v) is 8.66. The van der Waals surface area contributed by atoms with E-state index in [0.717, 1.165) is 38.9 Å². The molecule has 2 saturated heterocycles. The van der Waals surface area contributed by atoms with Gasteiger partial charge in [-0.25, -0.2) is 0 Å². The van der Waals surface area contributed by atoms with Crippen LogP contribution in [0.5, 0.6) is 0 Å². The fourth-order valence-corrected chi connectivity index (χ4v) is 3.13.